The van der Waals surface area contributed by atoms with Gasteiger partial charge in [0.1, 0.15) is 19.0 Å². The second kappa shape index (κ2) is 44.9. The SMILES string of the molecule is CC(=O)CCCNC(=O)CCC(C)NC(=O)COCCOCCNC(=O)COCCOCCNC(=O)CCCNC(=O)CCCCCCCCCCCCCCCCCCC(=O)O. The molecule has 17 heteroatoms. The van der Waals surface area contributed by atoms with Gasteiger partial charge in [-0.1, -0.05) is 89.9 Å². The highest BCUT2D eigenvalue weighted by Gasteiger charge is 2.11. The molecule has 0 radical (unpaired) electrons. The predicted molar refractivity (Wildman–Crippen MR) is 242 cm³/mol. The lowest BCUT2D eigenvalue weighted by Crippen LogP contribution is -2.36. The van der Waals surface area contributed by atoms with Crippen molar-refractivity contribution in [3.05, 3.63) is 0 Å². The number of carboxylic acids is 1. The summed E-state index contributed by atoms with van der Waals surface area (Å²) in [6.07, 6.45) is 22.4. The fourth-order valence-electron chi connectivity index (χ4n) is 6.43. The first-order chi connectivity index (χ1) is 30.5. The van der Waals surface area contributed by atoms with E-state index in [-0.39, 0.29) is 94.0 Å². The van der Waals surface area contributed by atoms with Gasteiger partial charge >= 0.3 is 5.97 Å². The molecular weight excluding hydrogens is 815 g/mol. The van der Waals surface area contributed by atoms with Crippen molar-refractivity contribution in [3.63, 3.8) is 0 Å². The van der Waals surface area contributed by atoms with E-state index in [0.29, 0.717) is 77.7 Å². The third-order valence-corrected chi connectivity index (χ3v) is 10.0. The van der Waals surface area contributed by atoms with E-state index < -0.39 is 5.97 Å². The number of hydrogen-bond donors (Lipinski definition) is 6. The molecule has 0 saturated heterocycles. The number of nitrogens with one attached hydrogen (secondary N) is 5. The van der Waals surface area contributed by atoms with E-state index in [1.807, 2.05) is 6.92 Å². The highest BCUT2D eigenvalue weighted by molar-refractivity contribution is 5.79. The Balaban J connectivity index is 3.44. The molecule has 63 heavy (non-hydrogen) atoms. The van der Waals surface area contributed by atoms with Crippen LogP contribution in [0.4, 0.5) is 0 Å². The fourth-order valence-corrected chi connectivity index (χ4v) is 6.43. The van der Waals surface area contributed by atoms with E-state index in [4.69, 9.17) is 24.1 Å². The van der Waals surface area contributed by atoms with Crippen molar-refractivity contribution in [3.8, 4) is 0 Å². The smallest absolute Gasteiger partial charge is 0.303 e. The first kappa shape index (κ1) is 59.3. The molecule has 0 fully saturated rings. The summed E-state index contributed by atoms with van der Waals surface area (Å²) in [5.74, 6) is -1.35. The second-order valence-corrected chi connectivity index (χ2v) is 16.2. The van der Waals surface area contributed by atoms with Gasteiger partial charge in [0, 0.05) is 64.3 Å². The normalized spacial score (nSPS) is 11.5. The van der Waals surface area contributed by atoms with Gasteiger partial charge in [0.05, 0.1) is 39.6 Å². The van der Waals surface area contributed by atoms with Gasteiger partial charge in [0.15, 0.2) is 0 Å². The molecule has 0 aliphatic rings. The lowest BCUT2D eigenvalue weighted by molar-refractivity contribution is -0.137. The molecule has 0 bridgehead atoms. The highest BCUT2D eigenvalue weighted by Crippen LogP contribution is 2.14. The van der Waals surface area contributed by atoms with Gasteiger partial charge < -0.3 is 55.4 Å². The van der Waals surface area contributed by atoms with Gasteiger partial charge in [-0.2, -0.15) is 0 Å². The van der Waals surface area contributed by atoms with Crippen LogP contribution in [0.2, 0.25) is 0 Å². The van der Waals surface area contributed by atoms with Crippen molar-refractivity contribution in [2.75, 3.05) is 79.0 Å². The van der Waals surface area contributed by atoms with Crippen LogP contribution in [0.15, 0.2) is 0 Å². The van der Waals surface area contributed by atoms with Crippen LogP contribution in [-0.4, -0.2) is 131 Å². The molecule has 0 spiro atoms. The summed E-state index contributed by atoms with van der Waals surface area (Å²) in [5, 5.41) is 22.6. The predicted octanol–water partition coefficient (Wildman–Crippen LogP) is 5.06. The zero-order valence-corrected chi connectivity index (χ0v) is 39.0. The number of hydrogen-bond acceptors (Lipinski definition) is 11. The summed E-state index contributed by atoms with van der Waals surface area (Å²) in [4.78, 5) is 81.4. The topological polar surface area (TPSA) is 237 Å². The Hall–Kier alpha value is -3.67. The van der Waals surface area contributed by atoms with Crippen molar-refractivity contribution in [2.24, 2.45) is 0 Å². The number of ketones is 1. The van der Waals surface area contributed by atoms with Gasteiger partial charge in [-0.25, -0.2) is 0 Å². The number of carbonyl (C=O) groups is 7. The zero-order chi connectivity index (χ0) is 46.4. The highest BCUT2D eigenvalue weighted by atomic mass is 16.5. The average Bonchev–Trinajstić information content (AvgIpc) is 3.24. The third-order valence-electron chi connectivity index (χ3n) is 10.0. The minimum Gasteiger partial charge on any atom is -0.481 e. The van der Waals surface area contributed by atoms with Gasteiger partial charge in [-0.05, 0) is 46.0 Å². The Labute approximate surface area is 377 Å². The van der Waals surface area contributed by atoms with Crippen molar-refractivity contribution < 1.29 is 57.6 Å². The quantitative estimate of drug-likeness (QED) is 0.0440. The molecule has 0 aromatic carbocycles. The van der Waals surface area contributed by atoms with Crippen LogP contribution in [0.1, 0.15) is 168 Å². The standard InChI is InChI=1S/C46H85N5O12/c1-39(25-26-43(55)48-27-19-21-40(2)52)51-45(57)38-63-36-34-61-32-30-50-44(56)37-62-35-33-60-31-29-49-42(54)23-20-28-47-41(53)22-17-15-13-11-9-7-5-3-4-6-8-10-12-14-16-18-24-46(58)59/h39H,3-38H2,1-2H3,(H,47,53)(H,48,55)(H,49,54)(H,50,56)(H,51,57)(H,58,59). The van der Waals surface area contributed by atoms with Crippen LogP contribution < -0.4 is 26.6 Å². The number of ether oxygens (including phenoxy) is 4. The van der Waals surface area contributed by atoms with Gasteiger partial charge in [-0.15, -0.1) is 0 Å². The molecular formula is C46H85N5O12. The maximum atomic E-state index is 12.1. The number of carboxylic acid groups (broad SMARTS) is 1. The Morgan fingerprint density at radius 2 is 0.762 bits per heavy atom. The number of rotatable bonds is 47. The van der Waals surface area contributed by atoms with Crippen molar-refractivity contribution >= 4 is 41.3 Å². The molecule has 0 aromatic rings. The summed E-state index contributed by atoms with van der Waals surface area (Å²) in [5.41, 5.74) is 0. The maximum Gasteiger partial charge on any atom is 0.303 e. The largest absolute Gasteiger partial charge is 0.481 e. The minimum absolute atomic E-state index is 0.0395. The van der Waals surface area contributed by atoms with E-state index in [0.717, 1.165) is 38.5 Å². The maximum absolute atomic E-state index is 12.1. The van der Waals surface area contributed by atoms with E-state index in [1.54, 1.807) is 0 Å². The minimum atomic E-state index is -0.690. The van der Waals surface area contributed by atoms with E-state index in [2.05, 4.69) is 26.6 Å². The molecule has 0 aliphatic heterocycles. The first-order valence-electron chi connectivity index (χ1n) is 23.9. The van der Waals surface area contributed by atoms with Crippen LogP contribution in [-0.2, 0) is 52.5 Å². The summed E-state index contributed by atoms with van der Waals surface area (Å²) in [6, 6.07) is -0.193. The molecule has 0 saturated carbocycles. The van der Waals surface area contributed by atoms with Crippen LogP contribution >= 0.6 is 0 Å². The number of carbonyl (C=O) groups excluding carboxylic acids is 6. The summed E-state index contributed by atoms with van der Waals surface area (Å²) in [7, 11) is 0. The van der Waals surface area contributed by atoms with E-state index >= 15 is 0 Å². The van der Waals surface area contributed by atoms with Crippen LogP contribution in [0.5, 0.6) is 0 Å². The average molecular weight is 900 g/mol. The van der Waals surface area contributed by atoms with E-state index in [1.165, 1.54) is 71.1 Å². The summed E-state index contributed by atoms with van der Waals surface area (Å²) in [6.45, 7) is 6.21. The van der Waals surface area contributed by atoms with Crippen molar-refractivity contribution in [1.82, 2.24) is 26.6 Å². The molecule has 366 valence electrons. The molecule has 17 nitrogen and oxygen atoms in total. The molecule has 0 aliphatic carbocycles. The Morgan fingerprint density at radius 1 is 0.397 bits per heavy atom. The van der Waals surface area contributed by atoms with Gasteiger partial charge in [0.25, 0.3) is 0 Å². The van der Waals surface area contributed by atoms with Crippen molar-refractivity contribution in [2.45, 2.75) is 174 Å². The summed E-state index contributed by atoms with van der Waals surface area (Å²) < 4.78 is 21.5. The second-order valence-electron chi connectivity index (χ2n) is 16.2. The number of aliphatic carboxylic acids is 1. The fraction of sp³-hybridized carbons (Fsp3) is 0.848. The molecule has 0 heterocycles. The Bertz CT molecular complexity index is 1210. The summed E-state index contributed by atoms with van der Waals surface area (Å²) >= 11 is 0. The van der Waals surface area contributed by atoms with Gasteiger partial charge in [-0.3, -0.25) is 28.8 Å². The van der Waals surface area contributed by atoms with E-state index in [9.17, 15) is 33.6 Å². The lowest BCUT2D eigenvalue weighted by Gasteiger charge is -2.14. The monoisotopic (exact) mass is 900 g/mol. The molecule has 5 amide bonds. The van der Waals surface area contributed by atoms with Crippen molar-refractivity contribution in [1.29, 1.82) is 0 Å². The van der Waals surface area contributed by atoms with Gasteiger partial charge in [0.2, 0.25) is 29.5 Å². The van der Waals surface area contributed by atoms with Crippen LogP contribution in [0, 0.1) is 0 Å². The third kappa shape index (κ3) is 47.6. The number of Topliss-reactive ketones (excluding diaryl/α,β-unsaturated/α-hetero) is 1. The Kier molecular flexibility index (Phi) is 42.3. The van der Waals surface area contributed by atoms with Crippen LogP contribution in [0.3, 0.4) is 0 Å². The molecule has 0 aromatic heterocycles. The number of amides is 5. The van der Waals surface area contributed by atoms with Crippen LogP contribution in [0.25, 0.3) is 0 Å². The Morgan fingerprint density at radius 3 is 1.24 bits per heavy atom. The first-order valence-corrected chi connectivity index (χ1v) is 23.9. The molecule has 6 N–H and O–H groups in total. The molecule has 1 atom stereocenters. The lowest BCUT2D eigenvalue weighted by atomic mass is 10.0. The number of unbranched alkanes of at least 4 members (excludes halogenated alkanes) is 15. The molecule has 0 rings (SSSR count). The molecule has 1 unspecified atom stereocenters. The zero-order valence-electron chi connectivity index (χ0n) is 39.0.